The summed E-state index contributed by atoms with van der Waals surface area (Å²) in [5.74, 6) is -6.13. The lowest BCUT2D eigenvalue weighted by atomic mass is 9.78. The van der Waals surface area contributed by atoms with E-state index < -0.39 is 77.4 Å². The van der Waals surface area contributed by atoms with Crippen molar-refractivity contribution in [3.05, 3.63) is 29.6 Å². The van der Waals surface area contributed by atoms with Gasteiger partial charge >= 0.3 is 6.18 Å². The first-order valence-electron chi connectivity index (χ1n) is 15.9. The van der Waals surface area contributed by atoms with E-state index in [-0.39, 0.29) is 24.9 Å². The van der Waals surface area contributed by atoms with E-state index in [4.69, 9.17) is 15.5 Å². The fourth-order valence-electron chi connectivity index (χ4n) is 5.90. The monoisotopic (exact) mass is 692 g/mol. The Balaban J connectivity index is 1.84. The number of benzene rings is 1. The van der Waals surface area contributed by atoms with Crippen molar-refractivity contribution in [2.75, 3.05) is 6.61 Å². The minimum absolute atomic E-state index is 0.0198. The molecule has 2 aromatic rings. The van der Waals surface area contributed by atoms with Crippen molar-refractivity contribution < 1.29 is 35.7 Å². The quantitative estimate of drug-likeness (QED) is 0.114. The molecule has 1 aromatic carbocycles. The number of imidazole rings is 1. The number of ether oxygens (including phenoxy) is 1. The highest BCUT2D eigenvalue weighted by atomic mass is 32.2. The SMILES string of the molecule is CC(C)(C)[S@@](=O)N[C@@H](CC(C)(C)C(F)(F)F)c1nc2ccc([C@H](C3CC3)C(C(N)=O)C3CC3(F)F)cc2n1COCC[Si](C)(C)C. The van der Waals surface area contributed by atoms with Gasteiger partial charge in [0.15, 0.2) is 0 Å². The molecular weight excluding hydrogens is 644 g/mol. The van der Waals surface area contributed by atoms with Crippen molar-refractivity contribution in [1.82, 2.24) is 14.3 Å². The van der Waals surface area contributed by atoms with Gasteiger partial charge in [-0.15, -0.1) is 0 Å². The van der Waals surface area contributed by atoms with Crippen LogP contribution in [-0.4, -0.2) is 51.2 Å². The molecule has 0 saturated heterocycles. The minimum Gasteiger partial charge on any atom is -0.369 e. The summed E-state index contributed by atoms with van der Waals surface area (Å²) in [6.07, 6.45) is -3.81. The normalized spacial score (nSPS) is 21.6. The number of nitrogens with zero attached hydrogens (tertiary/aromatic N) is 2. The van der Waals surface area contributed by atoms with Gasteiger partial charge in [-0.25, -0.2) is 22.7 Å². The molecule has 2 fully saturated rings. The minimum atomic E-state index is -4.54. The number of amides is 1. The van der Waals surface area contributed by atoms with E-state index >= 15 is 0 Å². The molecule has 1 heterocycles. The van der Waals surface area contributed by atoms with Gasteiger partial charge in [-0.1, -0.05) is 39.6 Å². The van der Waals surface area contributed by atoms with Crippen LogP contribution in [0.15, 0.2) is 18.2 Å². The Labute approximate surface area is 272 Å². The van der Waals surface area contributed by atoms with E-state index in [0.717, 1.165) is 32.7 Å². The lowest BCUT2D eigenvalue weighted by Gasteiger charge is -2.33. The number of alkyl halides is 5. The Bertz CT molecular complexity index is 1450. The van der Waals surface area contributed by atoms with Crippen LogP contribution < -0.4 is 10.5 Å². The van der Waals surface area contributed by atoms with Crippen LogP contribution in [0.3, 0.4) is 0 Å². The summed E-state index contributed by atoms with van der Waals surface area (Å²) in [7, 11) is -3.20. The molecule has 1 amide bonds. The molecule has 0 aliphatic heterocycles. The fourth-order valence-corrected chi connectivity index (χ4v) is 7.45. The van der Waals surface area contributed by atoms with Gasteiger partial charge in [0.2, 0.25) is 5.91 Å². The second kappa shape index (κ2) is 12.8. The number of nitrogens with two attached hydrogens (primary N) is 1. The first-order chi connectivity index (χ1) is 20.9. The molecule has 3 N–H and O–H groups in total. The van der Waals surface area contributed by atoms with Crippen molar-refractivity contribution in [3.63, 3.8) is 0 Å². The highest BCUT2D eigenvalue weighted by molar-refractivity contribution is 7.84. The van der Waals surface area contributed by atoms with E-state index in [1.54, 1.807) is 43.5 Å². The second-order valence-corrected chi connectivity index (χ2v) is 23.6. The number of carbonyl (C=O) groups is 1. The van der Waals surface area contributed by atoms with Gasteiger partial charge in [-0.3, -0.25) is 4.79 Å². The topological polar surface area (TPSA) is 99.2 Å². The van der Waals surface area contributed by atoms with Gasteiger partial charge in [-0.05, 0) is 75.6 Å². The number of nitrogens with one attached hydrogen (secondary N) is 1. The van der Waals surface area contributed by atoms with Crippen LogP contribution >= 0.6 is 0 Å². The van der Waals surface area contributed by atoms with Crippen molar-refractivity contribution in [2.45, 2.75) is 122 Å². The van der Waals surface area contributed by atoms with E-state index in [1.165, 1.54) is 0 Å². The highest BCUT2D eigenvalue weighted by Gasteiger charge is 2.64. The zero-order chi connectivity index (χ0) is 34.6. The maximum absolute atomic E-state index is 14.3. The molecular formula is C32H49F5N4O3SSi. The average Bonchev–Trinajstić information content (AvgIpc) is 3.79. The standard InChI is InChI=1S/C32H49F5N4O3SSi/c1-29(2,3)45(43)40-23(17-30(4,5)32(35,36)37)28-39-22-12-11-20(15-24(22)41(28)18-44-13-14-46(6,7)8)25(19-9-10-19)26(27(38)42)21-16-31(21,33)34/h11-12,15,19,21,23,25-26,40H,9-10,13-14,16-18H2,1-8H3,(H2,38,42)/t21?,23-,25-,26?,45+/m0/s1. The maximum atomic E-state index is 14.3. The molecule has 46 heavy (non-hydrogen) atoms. The Morgan fingerprint density at radius 3 is 2.26 bits per heavy atom. The van der Waals surface area contributed by atoms with Gasteiger partial charge in [0.25, 0.3) is 5.92 Å². The summed E-state index contributed by atoms with van der Waals surface area (Å²) in [6.45, 7) is 14.4. The number of carbonyl (C=O) groups excluding carboxylic acids is 1. The molecule has 2 aliphatic carbocycles. The molecule has 0 spiro atoms. The summed E-state index contributed by atoms with van der Waals surface area (Å²) in [4.78, 5) is 17.4. The molecule has 5 atom stereocenters. The number of aromatic nitrogens is 2. The van der Waals surface area contributed by atoms with Gasteiger partial charge in [0.1, 0.15) is 12.6 Å². The molecule has 260 valence electrons. The summed E-state index contributed by atoms with van der Waals surface area (Å²) in [5.41, 5.74) is 5.26. The molecule has 0 radical (unpaired) electrons. The fraction of sp³-hybridized carbons (Fsp3) is 0.750. The van der Waals surface area contributed by atoms with Crippen molar-refractivity contribution in [1.29, 1.82) is 0 Å². The predicted molar refractivity (Wildman–Crippen MR) is 173 cm³/mol. The number of halogens is 5. The lowest BCUT2D eigenvalue weighted by molar-refractivity contribution is -0.215. The number of primary amides is 1. The van der Waals surface area contributed by atoms with Crippen LogP contribution in [0.25, 0.3) is 11.0 Å². The van der Waals surface area contributed by atoms with Crippen LogP contribution in [0.4, 0.5) is 22.0 Å². The second-order valence-electron chi connectivity index (χ2n) is 16.0. The Morgan fingerprint density at radius 2 is 1.78 bits per heavy atom. The molecule has 2 unspecified atom stereocenters. The summed E-state index contributed by atoms with van der Waals surface area (Å²) >= 11 is 0. The molecule has 2 saturated carbocycles. The third kappa shape index (κ3) is 8.57. The van der Waals surface area contributed by atoms with Crippen LogP contribution in [0, 0.1) is 23.2 Å². The van der Waals surface area contributed by atoms with Gasteiger partial charge in [0.05, 0.1) is 44.1 Å². The van der Waals surface area contributed by atoms with Crippen LogP contribution in [0.1, 0.15) is 83.6 Å². The number of fused-ring (bicyclic) bond motifs is 1. The number of hydrogen-bond donors (Lipinski definition) is 2. The summed E-state index contributed by atoms with van der Waals surface area (Å²) in [6, 6.07) is 5.04. The Hall–Kier alpha value is -1.90. The van der Waals surface area contributed by atoms with Crippen molar-refractivity contribution in [2.24, 2.45) is 28.9 Å². The van der Waals surface area contributed by atoms with E-state index in [2.05, 4.69) is 24.4 Å². The summed E-state index contributed by atoms with van der Waals surface area (Å²) in [5, 5.41) is 0. The zero-order valence-corrected chi connectivity index (χ0v) is 29.9. The van der Waals surface area contributed by atoms with Crippen molar-refractivity contribution in [3.8, 4) is 0 Å². The number of hydrogen-bond acceptors (Lipinski definition) is 4. The van der Waals surface area contributed by atoms with E-state index in [9.17, 15) is 31.0 Å². The zero-order valence-electron chi connectivity index (χ0n) is 28.1. The smallest absolute Gasteiger partial charge is 0.369 e. The molecule has 7 nitrogen and oxygen atoms in total. The average molecular weight is 693 g/mol. The molecule has 2 aliphatic rings. The molecule has 0 bridgehead atoms. The van der Waals surface area contributed by atoms with E-state index in [0.29, 0.717) is 23.2 Å². The molecule has 14 heteroatoms. The van der Waals surface area contributed by atoms with Gasteiger partial charge in [-0.2, -0.15) is 13.2 Å². The third-order valence-corrected chi connectivity index (χ3v) is 12.5. The predicted octanol–water partition coefficient (Wildman–Crippen LogP) is 7.67. The van der Waals surface area contributed by atoms with Crippen LogP contribution in [0.2, 0.25) is 25.7 Å². The number of rotatable bonds is 15. The Morgan fingerprint density at radius 1 is 1.17 bits per heavy atom. The van der Waals surface area contributed by atoms with Gasteiger partial charge in [0, 0.05) is 27.0 Å². The maximum Gasteiger partial charge on any atom is 0.394 e. The Kier molecular flexibility index (Phi) is 10.3. The van der Waals surface area contributed by atoms with E-state index in [1.807, 2.05) is 0 Å². The van der Waals surface area contributed by atoms with Crippen molar-refractivity contribution >= 4 is 36.0 Å². The van der Waals surface area contributed by atoms with Crippen LogP contribution in [-0.2, 0) is 27.2 Å². The molecule has 1 aromatic heterocycles. The lowest BCUT2D eigenvalue weighted by Crippen LogP contribution is -2.41. The van der Waals surface area contributed by atoms with Gasteiger partial charge < -0.3 is 15.0 Å². The third-order valence-electron chi connectivity index (χ3n) is 9.16. The summed E-state index contributed by atoms with van der Waals surface area (Å²) < 4.78 is 94.4. The molecule has 4 rings (SSSR count). The first-order valence-corrected chi connectivity index (χ1v) is 20.8. The highest BCUT2D eigenvalue weighted by Crippen LogP contribution is 2.60. The first kappa shape index (κ1) is 36.9. The largest absolute Gasteiger partial charge is 0.394 e. The van der Waals surface area contributed by atoms with Crippen LogP contribution in [0.5, 0.6) is 0 Å².